The van der Waals surface area contributed by atoms with Crippen LogP contribution in [0.4, 0.5) is 5.95 Å². The number of primary amides is 1. The lowest BCUT2D eigenvalue weighted by molar-refractivity contribution is 0.0995. The lowest BCUT2D eigenvalue weighted by Gasteiger charge is -2.27. The number of allylic oxidation sites excluding steroid dienone is 1. The van der Waals surface area contributed by atoms with Crippen molar-refractivity contribution in [2.24, 2.45) is 11.7 Å². The fourth-order valence-corrected chi connectivity index (χ4v) is 4.25. The predicted octanol–water partition coefficient (Wildman–Crippen LogP) is 3.20. The largest absolute Gasteiger partial charge is 0.489 e. The number of aromatic nitrogens is 4. The zero-order valence-corrected chi connectivity index (χ0v) is 18.0. The topological polar surface area (TPSA) is 117 Å². The van der Waals surface area contributed by atoms with Crippen LogP contribution in [0.5, 0.6) is 5.75 Å². The van der Waals surface area contributed by atoms with Gasteiger partial charge in [-0.15, -0.1) is 6.58 Å². The second-order valence-electron chi connectivity index (χ2n) is 8.59. The number of ether oxygens (including phenoxy) is 1. The summed E-state index contributed by atoms with van der Waals surface area (Å²) in [5, 5.41) is 7.48. The third-order valence-electron chi connectivity index (χ3n) is 6.02. The van der Waals surface area contributed by atoms with E-state index in [4.69, 9.17) is 10.5 Å². The van der Waals surface area contributed by atoms with E-state index < -0.39 is 5.91 Å². The minimum Gasteiger partial charge on any atom is -0.489 e. The second kappa shape index (κ2) is 7.81. The molecule has 166 valence electrons. The second-order valence-corrected chi connectivity index (χ2v) is 8.59. The van der Waals surface area contributed by atoms with Crippen LogP contribution in [-0.2, 0) is 6.54 Å². The molecule has 1 fully saturated rings. The molecule has 2 aromatic heterocycles. The molecule has 9 heteroatoms. The molecule has 0 saturated heterocycles. The Labute approximate surface area is 185 Å². The monoisotopic (exact) mass is 434 g/mol. The van der Waals surface area contributed by atoms with Gasteiger partial charge in [0.15, 0.2) is 0 Å². The molecule has 0 unspecified atom stereocenters. The maximum atomic E-state index is 13.2. The van der Waals surface area contributed by atoms with Crippen molar-refractivity contribution in [1.29, 1.82) is 0 Å². The molecule has 2 aliphatic rings. The number of hydrogen-bond acceptors (Lipinski definition) is 5. The van der Waals surface area contributed by atoms with Gasteiger partial charge in [0.1, 0.15) is 23.6 Å². The minimum atomic E-state index is -0.555. The zero-order valence-electron chi connectivity index (χ0n) is 18.0. The van der Waals surface area contributed by atoms with Gasteiger partial charge in [-0.25, -0.2) is 4.98 Å². The zero-order chi connectivity index (χ0) is 22.4. The summed E-state index contributed by atoms with van der Waals surface area (Å²) >= 11 is 0. The molecule has 1 saturated carbocycles. The maximum Gasteiger partial charge on any atom is 0.276 e. The van der Waals surface area contributed by atoms with E-state index in [1.54, 1.807) is 22.9 Å². The number of amides is 2. The number of aryl methyl sites for hydroxylation is 1. The summed E-state index contributed by atoms with van der Waals surface area (Å²) in [6.45, 7) is 6.84. The average molecular weight is 435 g/mol. The van der Waals surface area contributed by atoms with E-state index in [1.807, 2.05) is 17.6 Å². The molecule has 3 aromatic rings. The van der Waals surface area contributed by atoms with Gasteiger partial charge in [-0.05, 0) is 56.7 Å². The van der Waals surface area contributed by atoms with E-state index >= 15 is 0 Å². The van der Waals surface area contributed by atoms with Gasteiger partial charge < -0.3 is 15.0 Å². The molecule has 3 N–H and O–H groups in total. The molecule has 1 aliphatic carbocycles. The molecule has 9 nitrogen and oxygen atoms in total. The predicted molar refractivity (Wildman–Crippen MR) is 120 cm³/mol. The Morgan fingerprint density at radius 1 is 1.34 bits per heavy atom. The molecule has 1 aliphatic heterocycles. The highest BCUT2D eigenvalue weighted by atomic mass is 16.5. The van der Waals surface area contributed by atoms with Crippen LogP contribution in [0.25, 0.3) is 11.0 Å². The van der Waals surface area contributed by atoms with Crippen molar-refractivity contribution in [2.75, 3.05) is 11.9 Å². The lowest BCUT2D eigenvalue weighted by Crippen LogP contribution is -2.26. The highest BCUT2D eigenvalue weighted by molar-refractivity contribution is 6.04. The van der Waals surface area contributed by atoms with Gasteiger partial charge >= 0.3 is 0 Å². The van der Waals surface area contributed by atoms with Crippen molar-refractivity contribution >= 4 is 28.8 Å². The van der Waals surface area contributed by atoms with Crippen LogP contribution in [-0.4, -0.2) is 37.8 Å². The Bertz CT molecular complexity index is 1240. The van der Waals surface area contributed by atoms with Crippen LogP contribution >= 0.6 is 0 Å². The highest BCUT2D eigenvalue weighted by Crippen LogP contribution is 2.38. The number of carbonyl (C=O) groups is 2. The third-order valence-corrected chi connectivity index (χ3v) is 6.02. The number of nitrogens with one attached hydrogen (secondary N) is 1. The SMILES string of the molecule is C=CCC[C@H]1COc2cc(C(N)=O)cc3nc(NC(=O)c4cc(C)nn4CC4CC4)n1c23. The Kier molecular flexibility index (Phi) is 4.96. The van der Waals surface area contributed by atoms with Crippen LogP contribution in [0.1, 0.15) is 58.3 Å². The smallest absolute Gasteiger partial charge is 0.276 e. The van der Waals surface area contributed by atoms with Crippen molar-refractivity contribution in [1.82, 2.24) is 19.3 Å². The fourth-order valence-electron chi connectivity index (χ4n) is 4.25. The van der Waals surface area contributed by atoms with Crippen molar-refractivity contribution < 1.29 is 14.3 Å². The van der Waals surface area contributed by atoms with Gasteiger partial charge in [0, 0.05) is 12.1 Å². The van der Waals surface area contributed by atoms with E-state index in [1.165, 1.54) is 12.8 Å². The number of imidazole rings is 1. The lowest BCUT2D eigenvalue weighted by atomic mass is 10.1. The van der Waals surface area contributed by atoms with Crippen molar-refractivity contribution in [2.45, 2.75) is 45.2 Å². The molecular formula is C23H26N6O3. The standard InChI is InChI=1S/C23H26N6O3/c1-3-4-5-16-12-32-19-10-15(21(24)30)9-17-20(19)29(16)23(25-17)26-22(31)18-8-13(2)27-28(18)11-14-6-7-14/h3,8-10,14,16H,1,4-7,11-12H2,2H3,(H2,24,30)(H,25,26,31)/t16-/m0/s1. The molecule has 1 atom stereocenters. The first-order valence-electron chi connectivity index (χ1n) is 10.9. The first-order chi connectivity index (χ1) is 15.4. The van der Waals surface area contributed by atoms with Crippen LogP contribution in [0.3, 0.4) is 0 Å². The van der Waals surface area contributed by atoms with Crippen LogP contribution in [0.2, 0.25) is 0 Å². The molecule has 0 radical (unpaired) electrons. The molecule has 5 rings (SSSR count). The number of rotatable bonds is 8. The summed E-state index contributed by atoms with van der Waals surface area (Å²) in [7, 11) is 0. The number of hydrogen-bond donors (Lipinski definition) is 2. The number of nitrogens with two attached hydrogens (primary N) is 1. The van der Waals surface area contributed by atoms with Gasteiger partial charge in [-0.2, -0.15) is 5.10 Å². The normalized spacial score (nSPS) is 17.2. The summed E-state index contributed by atoms with van der Waals surface area (Å²) in [6.07, 6.45) is 5.78. The summed E-state index contributed by atoms with van der Waals surface area (Å²) < 4.78 is 9.73. The Hall–Kier alpha value is -3.62. The Balaban J connectivity index is 1.55. The fraction of sp³-hybridized carbons (Fsp3) is 0.391. The molecular weight excluding hydrogens is 408 g/mol. The molecule has 1 aromatic carbocycles. The van der Waals surface area contributed by atoms with Gasteiger partial charge in [-0.3, -0.25) is 19.6 Å². The van der Waals surface area contributed by atoms with Crippen LogP contribution < -0.4 is 15.8 Å². The number of carbonyl (C=O) groups excluding carboxylic acids is 2. The highest BCUT2D eigenvalue weighted by Gasteiger charge is 2.30. The van der Waals surface area contributed by atoms with Gasteiger partial charge in [0.25, 0.3) is 5.91 Å². The van der Waals surface area contributed by atoms with E-state index in [2.05, 4.69) is 22.0 Å². The molecule has 32 heavy (non-hydrogen) atoms. The van der Waals surface area contributed by atoms with Crippen LogP contribution in [0, 0.1) is 12.8 Å². The van der Waals surface area contributed by atoms with Gasteiger partial charge in [0.2, 0.25) is 11.9 Å². The van der Waals surface area contributed by atoms with E-state index in [0.717, 1.165) is 30.6 Å². The summed E-state index contributed by atoms with van der Waals surface area (Å²) in [5.41, 5.74) is 8.42. The van der Waals surface area contributed by atoms with Crippen molar-refractivity contribution in [3.63, 3.8) is 0 Å². The third kappa shape index (κ3) is 3.63. The first-order valence-corrected chi connectivity index (χ1v) is 10.9. The Morgan fingerprint density at radius 2 is 2.16 bits per heavy atom. The summed E-state index contributed by atoms with van der Waals surface area (Å²) in [6, 6.07) is 5.03. The van der Waals surface area contributed by atoms with Crippen LogP contribution in [0.15, 0.2) is 30.9 Å². The minimum absolute atomic E-state index is 0.0293. The molecule has 3 heterocycles. The Morgan fingerprint density at radius 3 is 2.88 bits per heavy atom. The summed E-state index contributed by atoms with van der Waals surface area (Å²) in [5.74, 6) is 0.727. The quantitative estimate of drug-likeness (QED) is 0.528. The van der Waals surface area contributed by atoms with E-state index in [9.17, 15) is 9.59 Å². The average Bonchev–Trinajstić information content (AvgIpc) is 3.39. The number of nitrogens with zero attached hydrogens (tertiary/aromatic N) is 4. The first kappa shape index (κ1) is 20.3. The van der Waals surface area contributed by atoms with Gasteiger partial charge in [-0.1, -0.05) is 6.08 Å². The van der Waals surface area contributed by atoms with Crippen molar-refractivity contribution in [3.8, 4) is 5.75 Å². The number of benzene rings is 1. The number of anilines is 1. The van der Waals surface area contributed by atoms with E-state index in [-0.39, 0.29) is 11.9 Å². The van der Waals surface area contributed by atoms with Gasteiger partial charge in [0.05, 0.1) is 17.3 Å². The molecule has 0 spiro atoms. The molecule has 0 bridgehead atoms. The van der Waals surface area contributed by atoms with E-state index in [0.29, 0.717) is 41.0 Å². The van der Waals surface area contributed by atoms with Crippen molar-refractivity contribution in [3.05, 3.63) is 47.8 Å². The maximum absolute atomic E-state index is 13.2. The summed E-state index contributed by atoms with van der Waals surface area (Å²) in [4.78, 5) is 29.7. The molecule has 2 amide bonds.